The monoisotopic (exact) mass is 257 g/mol. The number of hydrogen-bond acceptors (Lipinski definition) is 3. The topological polar surface area (TPSA) is 38.7 Å². The molecule has 2 fully saturated rings. The zero-order valence-electron chi connectivity index (χ0n) is 11.3. The highest BCUT2D eigenvalue weighted by Crippen LogP contribution is 2.49. The molecule has 0 unspecified atom stereocenters. The van der Waals surface area contributed by atoms with E-state index in [0.717, 1.165) is 31.2 Å². The fraction of sp³-hybridized carbons (Fsp3) is 0.562. The summed E-state index contributed by atoms with van der Waals surface area (Å²) < 4.78 is 5.53. The van der Waals surface area contributed by atoms with Gasteiger partial charge in [0.2, 0.25) is 6.08 Å². The summed E-state index contributed by atoms with van der Waals surface area (Å²) >= 11 is 0. The van der Waals surface area contributed by atoms with Crippen LogP contribution >= 0.6 is 0 Å². The smallest absolute Gasteiger partial charge is 0.235 e. The Morgan fingerprint density at radius 3 is 2.37 bits per heavy atom. The van der Waals surface area contributed by atoms with Crippen LogP contribution in [0.4, 0.5) is 0 Å². The second kappa shape index (κ2) is 4.59. The first kappa shape index (κ1) is 12.6. The molecule has 3 heteroatoms. The molecule has 0 N–H and O–H groups in total. The Bertz CT molecular complexity index is 506. The van der Waals surface area contributed by atoms with Crippen LogP contribution in [0.25, 0.3) is 0 Å². The summed E-state index contributed by atoms with van der Waals surface area (Å²) in [6, 6.07) is 8.52. The van der Waals surface area contributed by atoms with Crippen LogP contribution < -0.4 is 0 Å². The lowest BCUT2D eigenvalue weighted by molar-refractivity contribution is 0.0731. The minimum absolute atomic E-state index is 0.165. The van der Waals surface area contributed by atoms with E-state index in [1.807, 2.05) is 7.11 Å². The fourth-order valence-electron chi connectivity index (χ4n) is 2.72. The molecule has 19 heavy (non-hydrogen) atoms. The number of isocyanates is 1. The highest BCUT2D eigenvalue weighted by molar-refractivity contribution is 5.41. The van der Waals surface area contributed by atoms with Crippen LogP contribution in [-0.2, 0) is 21.5 Å². The van der Waals surface area contributed by atoms with Gasteiger partial charge in [-0.15, -0.1) is 0 Å². The average molecular weight is 257 g/mol. The third-order valence-corrected chi connectivity index (χ3v) is 4.58. The predicted molar refractivity (Wildman–Crippen MR) is 72.8 cm³/mol. The third kappa shape index (κ3) is 2.49. The fourth-order valence-corrected chi connectivity index (χ4v) is 2.72. The molecule has 3 rings (SSSR count). The minimum Gasteiger partial charge on any atom is -0.378 e. The van der Waals surface area contributed by atoms with Crippen molar-refractivity contribution in [3.05, 3.63) is 35.4 Å². The molecule has 0 aliphatic heterocycles. The SMILES string of the molecule is COC1(CCc2ccc(C3(N=C=O)CC3)cc2)CC1. The van der Waals surface area contributed by atoms with E-state index < -0.39 is 0 Å². The van der Waals surface area contributed by atoms with Gasteiger partial charge in [-0.05, 0) is 49.7 Å². The zero-order chi connectivity index (χ0) is 13.3. The first-order valence-electron chi connectivity index (χ1n) is 6.96. The highest BCUT2D eigenvalue weighted by Gasteiger charge is 2.45. The van der Waals surface area contributed by atoms with Gasteiger partial charge in [0.1, 0.15) is 0 Å². The van der Waals surface area contributed by atoms with E-state index in [2.05, 4.69) is 29.3 Å². The number of aliphatic imine (C=N–C) groups is 1. The number of nitrogens with zero attached hydrogens (tertiary/aromatic N) is 1. The average Bonchev–Trinajstić information content (AvgIpc) is 3.34. The molecule has 0 bridgehead atoms. The Balaban J connectivity index is 1.64. The van der Waals surface area contributed by atoms with Crippen LogP contribution in [0.1, 0.15) is 43.2 Å². The Hall–Kier alpha value is -1.44. The van der Waals surface area contributed by atoms with Crippen molar-refractivity contribution in [1.82, 2.24) is 0 Å². The normalized spacial score (nSPS) is 21.5. The summed E-state index contributed by atoms with van der Waals surface area (Å²) in [6.07, 6.45) is 8.17. The molecular weight excluding hydrogens is 238 g/mol. The van der Waals surface area contributed by atoms with Gasteiger partial charge in [0.05, 0.1) is 11.1 Å². The molecule has 0 saturated heterocycles. The standard InChI is InChI=1S/C16H19NO2/c1-19-15(8-9-15)7-6-13-2-4-14(5-3-13)16(10-11-16)17-12-18/h2-5H,6-11H2,1H3. The van der Waals surface area contributed by atoms with Gasteiger partial charge in [-0.2, -0.15) is 4.99 Å². The summed E-state index contributed by atoms with van der Waals surface area (Å²) in [5.74, 6) is 0. The maximum absolute atomic E-state index is 10.4. The van der Waals surface area contributed by atoms with E-state index >= 15 is 0 Å². The Kier molecular flexibility index (Phi) is 3.04. The summed E-state index contributed by atoms with van der Waals surface area (Å²) in [5, 5.41) is 0. The Morgan fingerprint density at radius 2 is 1.89 bits per heavy atom. The molecule has 0 spiro atoms. The van der Waals surface area contributed by atoms with E-state index in [1.165, 1.54) is 18.4 Å². The second-order valence-electron chi connectivity index (χ2n) is 5.82. The maximum atomic E-state index is 10.4. The molecule has 3 nitrogen and oxygen atoms in total. The molecule has 0 amide bonds. The molecule has 2 saturated carbocycles. The summed E-state index contributed by atoms with van der Waals surface area (Å²) in [6.45, 7) is 0. The van der Waals surface area contributed by atoms with Crippen molar-refractivity contribution in [3.63, 3.8) is 0 Å². The molecule has 1 aromatic carbocycles. The molecule has 0 atom stereocenters. The molecule has 100 valence electrons. The Labute approximate surface area is 113 Å². The number of carbonyl (C=O) groups excluding carboxylic acids is 1. The van der Waals surface area contributed by atoms with Gasteiger partial charge in [-0.25, -0.2) is 4.79 Å². The number of aryl methyl sites for hydroxylation is 1. The lowest BCUT2D eigenvalue weighted by Gasteiger charge is -2.13. The van der Waals surface area contributed by atoms with Crippen LogP contribution in [-0.4, -0.2) is 18.8 Å². The van der Waals surface area contributed by atoms with Crippen LogP contribution in [0.15, 0.2) is 29.3 Å². The molecule has 0 aromatic heterocycles. The van der Waals surface area contributed by atoms with Crippen molar-refractivity contribution in [1.29, 1.82) is 0 Å². The first-order chi connectivity index (χ1) is 9.22. The predicted octanol–water partition coefficient (Wildman–Crippen LogP) is 3.12. The van der Waals surface area contributed by atoms with Crippen molar-refractivity contribution >= 4 is 6.08 Å². The van der Waals surface area contributed by atoms with E-state index in [1.54, 1.807) is 6.08 Å². The molecule has 0 heterocycles. The van der Waals surface area contributed by atoms with Crippen molar-refractivity contribution in [3.8, 4) is 0 Å². The summed E-state index contributed by atoms with van der Waals surface area (Å²) in [5.41, 5.74) is 2.40. The van der Waals surface area contributed by atoms with E-state index in [-0.39, 0.29) is 11.1 Å². The van der Waals surface area contributed by atoms with Gasteiger partial charge in [-0.3, -0.25) is 0 Å². The molecule has 1 aromatic rings. The van der Waals surface area contributed by atoms with Crippen molar-refractivity contribution in [2.75, 3.05) is 7.11 Å². The van der Waals surface area contributed by atoms with Gasteiger partial charge >= 0.3 is 0 Å². The highest BCUT2D eigenvalue weighted by atomic mass is 16.5. The van der Waals surface area contributed by atoms with Crippen LogP contribution in [0.3, 0.4) is 0 Å². The number of rotatable bonds is 6. The minimum atomic E-state index is -0.246. The zero-order valence-corrected chi connectivity index (χ0v) is 11.3. The van der Waals surface area contributed by atoms with Crippen molar-refractivity contribution in [2.45, 2.75) is 49.7 Å². The maximum Gasteiger partial charge on any atom is 0.235 e. The number of hydrogen-bond donors (Lipinski definition) is 0. The van der Waals surface area contributed by atoms with Crippen LogP contribution in [0.2, 0.25) is 0 Å². The van der Waals surface area contributed by atoms with Gasteiger partial charge in [0, 0.05) is 7.11 Å². The van der Waals surface area contributed by atoms with Gasteiger partial charge < -0.3 is 4.74 Å². The third-order valence-electron chi connectivity index (χ3n) is 4.58. The largest absolute Gasteiger partial charge is 0.378 e. The number of ether oxygens (including phenoxy) is 1. The molecule has 2 aliphatic carbocycles. The summed E-state index contributed by atoms with van der Waals surface area (Å²) in [7, 11) is 1.81. The number of methoxy groups -OCH3 is 1. The van der Waals surface area contributed by atoms with E-state index in [0.29, 0.717) is 0 Å². The molecule has 0 radical (unpaired) electrons. The molecule has 2 aliphatic rings. The van der Waals surface area contributed by atoms with Gasteiger partial charge in [-0.1, -0.05) is 24.3 Å². The number of benzene rings is 1. The van der Waals surface area contributed by atoms with Crippen LogP contribution in [0.5, 0.6) is 0 Å². The Morgan fingerprint density at radius 1 is 1.21 bits per heavy atom. The lowest BCUT2D eigenvalue weighted by atomic mass is 10.00. The quantitative estimate of drug-likeness (QED) is 0.580. The van der Waals surface area contributed by atoms with Crippen molar-refractivity contribution < 1.29 is 9.53 Å². The van der Waals surface area contributed by atoms with E-state index in [4.69, 9.17) is 4.74 Å². The van der Waals surface area contributed by atoms with Crippen molar-refractivity contribution in [2.24, 2.45) is 4.99 Å². The summed E-state index contributed by atoms with van der Waals surface area (Å²) in [4.78, 5) is 14.4. The van der Waals surface area contributed by atoms with Gasteiger partial charge in [0.25, 0.3) is 0 Å². The second-order valence-corrected chi connectivity index (χ2v) is 5.82. The lowest BCUT2D eigenvalue weighted by Crippen LogP contribution is -2.12. The molecular formula is C16H19NO2. The van der Waals surface area contributed by atoms with E-state index in [9.17, 15) is 4.79 Å². The van der Waals surface area contributed by atoms with Crippen LogP contribution in [0, 0.1) is 0 Å². The van der Waals surface area contributed by atoms with Gasteiger partial charge in [0.15, 0.2) is 0 Å². The first-order valence-corrected chi connectivity index (χ1v) is 6.96.